The number of aliphatic hydroxyl groups is 1. The summed E-state index contributed by atoms with van der Waals surface area (Å²) < 4.78 is 35.8. The van der Waals surface area contributed by atoms with Gasteiger partial charge in [0.25, 0.3) is 0 Å². The summed E-state index contributed by atoms with van der Waals surface area (Å²) in [6.07, 6.45) is 0. The molecule has 2 N–H and O–H groups in total. The lowest BCUT2D eigenvalue weighted by atomic mass is 9.68. The number of halogens is 2. The Bertz CT molecular complexity index is 1030. The third-order valence-electron chi connectivity index (χ3n) is 6.68. The number of nitrogens with zero attached hydrogens (tertiary/aromatic N) is 2. The molecule has 9 heteroatoms. The number of carbonyl (C=O) groups is 1. The normalized spacial score (nSPS) is 18.9. The number of ether oxygens (including phenoxy) is 2. The Morgan fingerprint density at radius 3 is 2.53 bits per heavy atom. The van der Waals surface area contributed by atoms with Gasteiger partial charge in [-0.15, -0.1) is 0 Å². The predicted molar refractivity (Wildman–Crippen MR) is 123 cm³/mol. The molecule has 1 amide bonds. The lowest BCUT2D eigenvalue weighted by molar-refractivity contribution is -0.162. The Labute approximate surface area is 198 Å². The molecule has 0 spiro atoms. The Kier molecular flexibility index (Phi) is 6.89. The third kappa shape index (κ3) is 4.64. The molecule has 34 heavy (non-hydrogen) atoms. The summed E-state index contributed by atoms with van der Waals surface area (Å²) in [5, 5.41) is 12.6. The minimum Gasteiger partial charge on any atom is -0.415 e. The molecule has 2 aliphatic rings. The first-order valence-corrected chi connectivity index (χ1v) is 11.4. The van der Waals surface area contributed by atoms with Crippen molar-refractivity contribution in [3.8, 4) is 5.88 Å². The molecule has 0 radical (unpaired) electrons. The standard InChI is InChI=1S/C25H31F2N3O4/c1-16(2)18-6-4-5-7-19(18)25(11-30(12-25)10-24(13-31)14-33-15-24)22(32)29-20-9-8-17(3)28-21(20)34-23(26)27/h4-9,16,23,31H,10-15H2,1-3H3,(H,29,32). The van der Waals surface area contributed by atoms with Gasteiger partial charge < -0.3 is 19.9 Å². The molecule has 2 aromatic rings. The second-order valence-electron chi connectivity index (χ2n) is 9.76. The van der Waals surface area contributed by atoms with Gasteiger partial charge in [-0.1, -0.05) is 38.1 Å². The lowest BCUT2D eigenvalue weighted by Gasteiger charge is -2.54. The number of hydrogen-bond acceptors (Lipinski definition) is 6. The molecule has 1 aromatic carbocycles. The van der Waals surface area contributed by atoms with E-state index in [0.29, 0.717) is 38.5 Å². The number of aromatic nitrogens is 1. The van der Waals surface area contributed by atoms with E-state index in [1.54, 1.807) is 13.0 Å². The van der Waals surface area contributed by atoms with Crippen LogP contribution >= 0.6 is 0 Å². The fraction of sp³-hybridized carbons (Fsp3) is 0.520. The molecule has 7 nitrogen and oxygen atoms in total. The number of aryl methyl sites for hydroxylation is 1. The average Bonchev–Trinajstić information content (AvgIpc) is 2.73. The van der Waals surface area contributed by atoms with E-state index in [1.165, 1.54) is 6.07 Å². The zero-order chi connectivity index (χ0) is 24.5. The monoisotopic (exact) mass is 475 g/mol. The maximum absolute atomic E-state index is 13.8. The fourth-order valence-electron chi connectivity index (χ4n) is 4.84. The number of alkyl halides is 2. The number of carbonyl (C=O) groups excluding carboxylic acids is 1. The maximum atomic E-state index is 13.8. The predicted octanol–water partition coefficient (Wildman–Crippen LogP) is 3.32. The van der Waals surface area contributed by atoms with Crippen molar-refractivity contribution in [1.82, 2.24) is 9.88 Å². The molecule has 0 bridgehead atoms. The minimum absolute atomic E-state index is 0.0225. The smallest absolute Gasteiger partial charge is 0.388 e. The van der Waals surface area contributed by atoms with Crippen molar-refractivity contribution in [2.24, 2.45) is 5.41 Å². The molecule has 0 unspecified atom stereocenters. The van der Waals surface area contributed by atoms with Gasteiger partial charge >= 0.3 is 6.61 Å². The van der Waals surface area contributed by atoms with Crippen LogP contribution in [0.1, 0.15) is 36.6 Å². The molecule has 2 fully saturated rings. The fourth-order valence-corrected chi connectivity index (χ4v) is 4.84. The van der Waals surface area contributed by atoms with E-state index in [2.05, 4.69) is 33.8 Å². The van der Waals surface area contributed by atoms with Crippen molar-refractivity contribution in [3.63, 3.8) is 0 Å². The van der Waals surface area contributed by atoms with Crippen molar-refractivity contribution < 1.29 is 28.2 Å². The second-order valence-corrected chi connectivity index (χ2v) is 9.76. The van der Waals surface area contributed by atoms with E-state index in [1.807, 2.05) is 24.3 Å². The van der Waals surface area contributed by atoms with Crippen LogP contribution in [0.4, 0.5) is 14.5 Å². The molecule has 4 rings (SSSR count). The number of anilines is 1. The highest BCUT2D eigenvalue weighted by Gasteiger charge is 2.54. The summed E-state index contributed by atoms with van der Waals surface area (Å²) in [6.45, 7) is 5.26. The van der Waals surface area contributed by atoms with Crippen LogP contribution in [0.2, 0.25) is 0 Å². The first-order chi connectivity index (χ1) is 16.2. The van der Waals surface area contributed by atoms with Gasteiger partial charge in [0.05, 0.1) is 30.7 Å². The van der Waals surface area contributed by atoms with Crippen LogP contribution in [0.25, 0.3) is 0 Å². The number of rotatable bonds is 9. The Morgan fingerprint density at radius 1 is 1.24 bits per heavy atom. The molecule has 0 atom stereocenters. The number of likely N-dealkylation sites (tertiary alicyclic amines) is 1. The van der Waals surface area contributed by atoms with Crippen LogP contribution in [-0.4, -0.2) is 67.0 Å². The van der Waals surface area contributed by atoms with Crippen molar-refractivity contribution in [3.05, 3.63) is 53.2 Å². The van der Waals surface area contributed by atoms with Gasteiger partial charge in [0.2, 0.25) is 11.8 Å². The molecule has 2 saturated heterocycles. The molecule has 2 aliphatic heterocycles. The van der Waals surface area contributed by atoms with E-state index in [0.717, 1.165) is 11.1 Å². The Balaban J connectivity index is 1.64. The number of aliphatic hydroxyl groups excluding tert-OH is 1. The second kappa shape index (κ2) is 9.56. The Hall–Kier alpha value is -2.62. The number of pyridine rings is 1. The average molecular weight is 476 g/mol. The largest absolute Gasteiger partial charge is 0.415 e. The van der Waals surface area contributed by atoms with E-state index >= 15 is 0 Å². The van der Waals surface area contributed by atoms with Crippen LogP contribution < -0.4 is 10.1 Å². The molecule has 0 saturated carbocycles. The topological polar surface area (TPSA) is 83.9 Å². The lowest BCUT2D eigenvalue weighted by Crippen LogP contribution is -2.68. The van der Waals surface area contributed by atoms with Gasteiger partial charge in [0.15, 0.2) is 0 Å². The number of amides is 1. The van der Waals surface area contributed by atoms with Crippen molar-refractivity contribution >= 4 is 11.6 Å². The molecule has 0 aliphatic carbocycles. The van der Waals surface area contributed by atoms with Gasteiger partial charge in [-0.3, -0.25) is 9.69 Å². The van der Waals surface area contributed by atoms with E-state index in [4.69, 9.17) is 4.74 Å². The number of benzene rings is 1. The van der Waals surface area contributed by atoms with Crippen LogP contribution in [0, 0.1) is 12.3 Å². The van der Waals surface area contributed by atoms with E-state index in [-0.39, 0.29) is 35.4 Å². The number of hydrogen-bond donors (Lipinski definition) is 2. The first-order valence-electron chi connectivity index (χ1n) is 11.4. The molecule has 184 valence electrons. The first kappa shape index (κ1) is 24.5. The summed E-state index contributed by atoms with van der Waals surface area (Å²) in [4.78, 5) is 20.0. The summed E-state index contributed by atoms with van der Waals surface area (Å²) in [5.41, 5.74) is 1.40. The van der Waals surface area contributed by atoms with Crippen molar-refractivity contribution in [1.29, 1.82) is 0 Å². The third-order valence-corrected chi connectivity index (χ3v) is 6.68. The van der Waals surface area contributed by atoms with Crippen LogP contribution in [-0.2, 0) is 14.9 Å². The zero-order valence-corrected chi connectivity index (χ0v) is 19.7. The van der Waals surface area contributed by atoms with Crippen LogP contribution in [0.3, 0.4) is 0 Å². The maximum Gasteiger partial charge on any atom is 0.388 e. The molecule has 1 aromatic heterocycles. The van der Waals surface area contributed by atoms with Gasteiger partial charge in [-0.05, 0) is 36.1 Å². The van der Waals surface area contributed by atoms with Gasteiger partial charge in [-0.25, -0.2) is 4.98 Å². The highest BCUT2D eigenvalue weighted by molar-refractivity contribution is 6.01. The van der Waals surface area contributed by atoms with E-state index in [9.17, 15) is 18.7 Å². The van der Waals surface area contributed by atoms with Crippen molar-refractivity contribution in [2.75, 3.05) is 44.8 Å². The Morgan fingerprint density at radius 2 is 1.94 bits per heavy atom. The van der Waals surface area contributed by atoms with Gasteiger partial charge in [0.1, 0.15) is 5.69 Å². The zero-order valence-electron chi connectivity index (χ0n) is 19.7. The summed E-state index contributed by atoms with van der Waals surface area (Å²) in [7, 11) is 0. The number of nitrogens with one attached hydrogen (secondary N) is 1. The quantitative estimate of drug-likeness (QED) is 0.579. The minimum atomic E-state index is -3.06. The van der Waals surface area contributed by atoms with Gasteiger partial charge in [0, 0.05) is 25.3 Å². The van der Waals surface area contributed by atoms with Crippen LogP contribution in [0.15, 0.2) is 36.4 Å². The van der Waals surface area contributed by atoms with E-state index < -0.39 is 12.0 Å². The molecular weight excluding hydrogens is 444 g/mol. The highest BCUT2D eigenvalue weighted by Crippen LogP contribution is 2.42. The summed E-state index contributed by atoms with van der Waals surface area (Å²) >= 11 is 0. The highest BCUT2D eigenvalue weighted by atomic mass is 19.3. The summed E-state index contributed by atoms with van der Waals surface area (Å²) in [6, 6.07) is 11.0. The summed E-state index contributed by atoms with van der Waals surface area (Å²) in [5.74, 6) is -0.417. The SMILES string of the molecule is Cc1ccc(NC(=O)C2(c3ccccc3C(C)C)CN(CC3(CO)COC3)C2)c(OC(F)F)n1. The van der Waals surface area contributed by atoms with Crippen LogP contribution in [0.5, 0.6) is 5.88 Å². The van der Waals surface area contributed by atoms with Crippen molar-refractivity contribution in [2.45, 2.75) is 38.7 Å². The molecule has 3 heterocycles. The molecular formula is C25H31F2N3O4. The van der Waals surface area contributed by atoms with Gasteiger partial charge in [-0.2, -0.15) is 8.78 Å².